The Balaban J connectivity index is 1.61. The second kappa shape index (κ2) is 7.40. The van der Waals surface area contributed by atoms with E-state index in [1.54, 1.807) is 6.92 Å². The van der Waals surface area contributed by atoms with Crippen LogP contribution < -0.4 is 5.32 Å². The number of carbonyl (C=O) groups is 1. The molecule has 1 saturated heterocycles. The van der Waals surface area contributed by atoms with Crippen LogP contribution in [0.15, 0.2) is 27.8 Å². The Bertz CT molecular complexity index is 924. The van der Waals surface area contributed by atoms with Crippen LogP contribution in [-0.2, 0) is 14.6 Å². The molecule has 1 fully saturated rings. The molecule has 7 nitrogen and oxygen atoms in total. The minimum Gasteiger partial charge on any atom is -0.411 e. The van der Waals surface area contributed by atoms with Gasteiger partial charge in [0.1, 0.15) is 0 Å². The summed E-state index contributed by atoms with van der Waals surface area (Å²) in [6.45, 7) is 5.77. The van der Waals surface area contributed by atoms with E-state index in [9.17, 15) is 13.2 Å². The van der Waals surface area contributed by atoms with Crippen LogP contribution in [0.5, 0.6) is 0 Å². The van der Waals surface area contributed by atoms with Gasteiger partial charge in [-0.2, -0.15) is 0 Å². The zero-order valence-electron chi connectivity index (χ0n) is 14.9. The van der Waals surface area contributed by atoms with Gasteiger partial charge in [0, 0.05) is 11.6 Å². The van der Waals surface area contributed by atoms with Crippen molar-refractivity contribution in [3.63, 3.8) is 0 Å². The molecule has 2 aromatic rings. The third-order valence-electron chi connectivity index (χ3n) is 4.39. The lowest BCUT2D eigenvalue weighted by atomic mass is 10.1. The summed E-state index contributed by atoms with van der Waals surface area (Å²) in [5.41, 5.74) is 3.15. The lowest BCUT2D eigenvalue weighted by molar-refractivity contribution is -0.120. The second-order valence-corrected chi connectivity index (χ2v) is 10.1. The van der Waals surface area contributed by atoms with Gasteiger partial charge >= 0.3 is 0 Å². The minimum atomic E-state index is -3.02. The van der Waals surface area contributed by atoms with Gasteiger partial charge in [0.05, 0.1) is 16.8 Å². The molecular formula is C17H21N3O4S2. The normalized spacial score (nSPS) is 20.0. The van der Waals surface area contributed by atoms with E-state index in [0.29, 0.717) is 17.5 Å². The van der Waals surface area contributed by atoms with Gasteiger partial charge in [0.25, 0.3) is 5.22 Å². The van der Waals surface area contributed by atoms with Gasteiger partial charge in [0.15, 0.2) is 9.84 Å². The lowest BCUT2D eigenvalue weighted by Gasteiger charge is -2.14. The van der Waals surface area contributed by atoms with E-state index < -0.39 is 15.1 Å². The number of nitrogens with one attached hydrogen (secondary N) is 1. The monoisotopic (exact) mass is 395 g/mol. The molecule has 1 aliphatic rings. The van der Waals surface area contributed by atoms with Crippen molar-refractivity contribution >= 4 is 27.5 Å². The summed E-state index contributed by atoms with van der Waals surface area (Å²) in [7, 11) is -3.02. The Morgan fingerprint density at radius 3 is 2.73 bits per heavy atom. The SMILES string of the molecule is Cc1ccc(-c2nnc(S[C@H](C)C(=O)N[C@@H]3CCS(=O)(=O)C3)o2)cc1C. The molecule has 1 N–H and O–H groups in total. The van der Waals surface area contributed by atoms with Crippen molar-refractivity contribution < 1.29 is 17.6 Å². The van der Waals surface area contributed by atoms with Gasteiger partial charge in [-0.1, -0.05) is 17.8 Å². The fraction of sp³-hybridized carbons (Fsp3) is 0.471. The Morgan fingerprint density at radius 1 is 1.31 bits per heavy atom. The summed E-state index contributed by atoms with van der Waals surface area (Å²) in [5, 5.41) is 10.7. The van der Waals surface area contributed by atoms with E-state index >= 15 is 0 Å². The van der Waals surface area contributed by atoms with Crippen LogP contribution in [0.25, 0.3) is 11.5 Å². The summed E-state index contributed by atoms with van der Waals surface area (Å²) in [6, 6.07) is 5.58. The summed E-state index contributed by atoms with van der Waals surface area (Å²) in [4.78, 5) is 12.3. The van der Waals surface area contributed by atoms with Crippen molar-refractivity contribution in [1.29, 1.82) is 0 Å². The van der Waals surface area contributed by atoms with E-state index in [1.165, 1.54) is 5.56 Å². The number of rotatable bonds is 5. The number of hydrogen-bond acceptors (Lipinski definition) is 7. The lowest BCUT2D eigenvalue weighted by Crippen LogP contribution is -2.39. The van der Waals surface area contributed by atoms with Gasteiger partial charge < -0.3 is 9.73 Å². The molecule has 0 spiro atoms. The predicted octanol–water partition coefficient (Wildman–Crippen LogP) is 2.14. The van der Waals surface area contributed by atoms with Crippen molar-refractivity contribution in [1.82, 2.24) is 15.5 Å². The van der Waals surface area contributed by atoms with Crippen molar-refractivity contribution in [2.24, 2.45) is 0 Å². The minimum absolute atomic E-state index is 0.00755. The predicted molar refractivity (Wildman–Crippen MR) is 99.7 cm³/mol. The average molecular weight is 396 g/mol. The third-order valence-corrected chi connectivity index (χ3v) is 7.09. The molecule has 1 aromatic carbocycles. The average Bonchev–Trinajstić information content (AvgIpc) is 3.16. The first-order valence-corrected chi connectivity index (χ1v) is 11.0. The van der Waals surface area contributed by atoms with E-state index in [-0.39, 0.29) is 23.5 Å². The molecule has 1 aliphatic heterocycles. The Kier molecular flexibility index (Phi) is 5.38. The zero-order chi connectivity index (χ0) is 18.9. The number of aromatic nitrogens is 2. The van der Waals surface area contributed by atoms with Crippen LogP contribution in [0.3, 0.4) is 0 Å². The molecule has 2 heterocycles. The van der Waals surface area contributed by atoms with Crippen LogP contribution >= 0.6 is 11.8 Å². The second-order valence-electron chi connectivity index (χ2n) is 6.54. The molecule has 0 saturated carbocycles. The molecule has 9 heteroatoms. The number of aryl methyl sites for hydroxylation is 2. The summed E-state index contributed by atoms with van der Waals surface area (Å²) in [5.74, 6) is 0.309. The van der Waals surface area contributed by atoms with E-state index in [1.807, 2.05) is 32.0 Å². The van der Waals surface area contributed by atoms with Gasteiger partial charge in [0.2, 0.25) is 11.8 Å². The molecule has 140 valence electrons. The van der Waals surface area contributed by atoms with Gasteiger partial charge in [-0.05, 0) is 50.5 Å². The van der Waals surface area contributed by atoms with Crippen LogP contribution in [0.1, 0.15) is 24.5 Å². The largest absolute Gasteiger partial charge is 0.411 e. The molecule has 0 bridgehead atoms. The maximum absolute atomic E-state index is 12.3. The van der Waals surface area contributed by atoms with E-state index in [0.717, 1.165) is 22.9 Å². The maximum Gasteiger partial charge on any atom is 0.277 e. The van der Waals surface area contributed by atoms with Crippen molar-refractivity contribution in [2.75, 3.05) is 11.5 Å². The number of thioether (sulfide) groups is 1. The fourth-order valence-electron chi connectivity index (χ4n) is 2.68. The van der Waals surface area contributed by atoms with Crippen LogP contribution in [0, 0.1) is 13.8 Å². The maximum atomic E-state index is 12.3. The highest BCUT2D eigenvalue weighted by atomic mass is 32.2. The first-order chi connectivity index (χ1) is 12.2. The molecule has 26 heavy (non-hydrogen) atoms. The number of hydrogen-bond donors (Lipinski definition) is 1. The first-order valence-electron chi connectivity index (χ1n) is 8.32. The number of sulfone groups is 1. The number of amides is 1. The molecule has 1 amide bonds. The highest BCUT2D eigenvalue weighted by Crippen LogP contribution is 2.27. The third kappa shape index (κ3) is 4.45. The Hall–Kier alpha value is -1.87. The smallest absolute Gasteiger partial charge is 0.277 e. The van der Waals surface area contributed by atoms with Crippen molar-refractivity contribution in [3.8, 4) is 11.5 Å². The van der Waals surface area contributed by atoms with Crippen molar-refractivity contribution in [3.05, 3.63) is 29.3 Å². The summed E-state index contributed by atoms with van der Waals surface area (Å²) >= 11 is 1.16. The van der Waals surface area contributed by atoms with Crippen LogP contribution in [0.2, 0.25) is 0 Å². The van der Waals surface area contributed by atoms with Crippen LogP contribution in [-0.4, -0.2) is 47.3 Å². The van der Waals surface area contributed by atoms with Crippen molar-refractivity contribution in [2.45, 2.75) is 43.7 Å². The molecule has 0 aliphatic carbocycles. The number of benzene rings is 1. The molecule has 0 radical (unpaired) electrons. The Morgan fingerprint density at radius 2 is 2.08 bits per heavy atom. The van der Waals surface area contributed by atoms with Gasteiger partial charge in [-0.15, -0.1) is 10.2 Å². The number of nitrogens with zero attached hydrogens (tertiary/aromatic N) is 2. The molecule has 2 atom stereocenters. The zero-order valence-corrected chi connectivity index (χ0v) is 16.5. The molecule has 0 unspecified atom stereocenters. The van der Waals surface area contributed by atoms with Gasteiger partial charge in [-0.3, -0.25) is 4.79 Å². The van der Waals surface area contributed by atoms with Crippen LogP contribution in [0.4, 0.5) is 0 Å². The van der Waals surface area contributed by atoms with E-state index in [4.69, 9.17) is 4.42 Å². The number of carbonyl (C=O) groups excluding carboxylic acids is 1. The summed E-state index contributed by atoms with van der Waals surface area (Å²) < 4.78 is 28.6. The molecule has 1 aromatic heterocycles. The van der Waals surface area contributed by atoms with E-state index in [2.05, 4.69) is 15.5 Å². The van der Waals surface area contributed by atoms with Gasteiger partial charge in [-0.25, -0.2) is 8.42 Å². The fourth-order valence-corrected chi connectivity index (χ4v) is 5.05. The molecular weight excluding hydrogens is 374 g/mol. The topological polar surface area (TPSA) is 102 Å². The quantitative estimate of drug-likeness (QED) is 0.774. The molecule has 3 rings (SSSR count). The standard InChI is InChI=1S/C17H21N3O4S2/c1-10-4-5-13(8-11(10)2)16-19-20-17(24-16)25-12(3)15(21)18-14-6-7-26(22,23)9-14/h4-5,8,12,14H,6-7,9H2,1-3H3,(H,18,21)/t12-,14-/m1/s1. The highest BCUT2D eigenvalue weighted by Gasteiger charge is 2.30. The summed E-state index contributed by atoms with van der Waals surface area (Å²) in [6.07, 6.45) is 0.461. The Labute approximate surface area is 156 Å². The highest BCUT2D eigenvalue weighted by molar-refractivity contribution is 8.00. The first kappa shape index (κ1) is 18.9.